The zero-order chi connectivity index (χ0) is 15.9. The molecule has 2 saturated heterocycles. The van der Waals surface area contributed by atoms with E-state index in [0.29, 0.717) is 18.5 Å². The number of carbonyl (C=O) groups is 1. The average Bonchev–Trinajstić information content (AvgIpc) is 2.90. The molecule has 0 aliphatic carbocycles. The van der Waals surface area contributed by atoms with Gasteiger partial charge in [-0.1, -0.05) is 6.07 Å². The molecule has 0 radical (unpaired) electrons. The second-order valence-corrected chi connectivity index (χ2v) is 8.52. The second kappa shape index (κ2) is 8.94. The Bertz CT molecular complexity index is 486. The predicted molar refractivity (Wildman–Crippen MR) is 98.9 cm³/mol. The maximum absolute atomic E-state index is 13.2. The van der Waals surface area contributed by atoms with Gasteiger partial charge >= 0.3 is 0 Å². The highest BCUT2D eigenvalue weighted by Crippen LogP contribution is 2.28. The first kappa shape index (κ1) is 17.1. The first-order chi connectivity index (χ1) is 11.3. The van der Waals surface area contributed by atoms with E-state index in [9.17, 15) is 4.79 Å². The molecule has 4 nitrogen and oxygen atoms in total. The lowest BCUT2D eigenvalue weighted by Crippen LogP contribution is -2.46. The van der Waals surface area contributed by atoms with E-state index in [1.54, 1.807) is 0 Å². The van der Waals surface area contributed by atoms with E-state index in [-0.39, 0.29) is 5.25 Å². The van der Waals surface area contributed by atoms with Crippen LogP contribution in [0.1, 0.15) is 25.0 Å². The summed E-state index contributed by atoms with van der Waals surface area (Å²) in [5.74, 6) is 3.53. The van der Waals surface area contributed by atoms with Gasteiger partial charge in [0.1, 0.15) is 0 Å². The summed E-state index contributed by atoms with van der Waals surface area (Å²) in [6.45, 7) is 2.71. The number of nitrogens with zero attached hydrogens (tertiary/aromatic N) is 2. The molecule has 0 aromatic carbocycles. The molecule has 2 aliphatic rings. The van der Waals surface area contributed by atoms with Crippen molar-refractivity contribution in [3.63, 3.8) is 0 Å². The molecule has 1 aromatic rings. The third-order valence-corrected chi connectivity index (χ3v) is 7.16. The molecule has 1 amide bonds. The Hall–Kier alpha value is -0.720. The van der Waals surface area contributed by atoms with E-state index in [1.807, 2.05) is 47.9 Å². The third kappa shape index (κ3) is 4.88. The molecule has 2 fully saturated rings. The second-order valence-electron chi connectivity index (χ2n) is 6.06. The Morgan fingerprint density at radius 2 is 2.26 bits per heavy atom. The zero-order valence-corrected chi connectivity index (χ0v) is 15.1. The molecule has 1 aromatic heterocycles. The van der Waals surface area contributed by atoms with Crippen molar-refractivity contribution in [2.24, 2.45) is 0 Å². The number of carbonyl (C=O) groups excluding carboxylic acids is 1. The minimum Gasteiger partial charge on any atom is -0.333 e. The molecule has 0 saturated carbocycles. The number of nitrogens with one attached hydrogen (secondary N) is 1. The van der Waals surface area contributed by atoms with Crippen LogP contribution in [0.4, 0.5) is 0 Å². The summed E-state index contributed by atoms with van der Waals surface area (Å²) in [5.41, 5.74) is 0.992. The normalized spacial score (nSPS) is 25.6. The number of thioether (sulfide) groups is 2. The molecule has 6 heteroatoms. The van der Waals surface area contributed by atoms with Crippen LogP contribution in [0.3, 0.4) is 0 Å². The molecule has 0 bridgehead atoms. The lowest BCUT2D eigenvalue weighted by atomic mass is 10.1. The zero-order valence-electron chi connectivity index (χ0n) is 13.4. The van der Waals surface area contributed by atoms with Crippen molar-refractivity contribution < 1.29 is 4.79 Å². The van der Waals surface area contributed by atoms with E-state index in [4.69, 9.17) is 0 Å². The smallest absolute Gasteiger partial charge is 0.237 e. The highest BCUT2D eigenvalue weighted by atomic mass is 32.2. The van der Waals surface area contributed by atoms with E-state index >= 15 is 0 Å². The molecule has 1 N–H and O–H groups in total. The van der Waals surface area contributed by atoms with Crippen molar-refractivity contribution in [1.82, 2.24) is 15.2 Å². The highest BCUT2D eigenvalue weighted by molar-refractivity contribution is 8.07. The fourth-order valence-electron chi connectivity index (χ4n) is 3.18. The molecule has 3 heterocycles. The monoisotopic (exact) mass is 351 g/mol. The van der Waals surface area contributed by atoms with Gasteiger partial charge in [-0.15, -0.1) is 11.8 Å². The molecular weight excluding hydrogens is 326 g/mol. The molecule has 2 aliphatic heterocycles. The number of rotatable bonds is 4. The maximum atomic E-state index is 13.2. The topological polar surface area (TPSA) is 45.2 Å². The Labute approximate surface area is 147 Å². The van der Waals surface area contributed by atoms with Crippen LogP contribution in [0.15, 0.2) is 24.4 Å². The Balaban J connectivity index is 1.75. The van der Waals surface area contributed by atoms with Crippen molar-refractivity contribution in [1.29, 1.82) is 0 Å². The molecule has 2 unspecified atom stereocenters. The maximum Gasteiger partial charge on any atom is 0.237 e. The first-order valence-corrected chi connectivity index (χ1v) is 10.7. The van der Waals surface area contributed by atoms with Crippen LogP contribution >= 0.6 is 23.5 Å². The molecule has 23 heavy (non-hydrogen) atoms. The summed E-state index contributed by atoms with van der Waals surface area (Å²) in [6.07, 6.45) is 5.10. The SMILES string of the molecule is O=C(C1CSCCS1)N(Cc1ccccn1)C1CCCNCC1. The van der Waals surface area contributed by atoms with Crippen molar-refractivity contribution in [3.8, 4) is 0 Å². The van der Waals surface area contributed by atoms with Crippen molar-refractivity contribution in [3.05, 3.63) is 30.1 Å². The van der Waals surface area contributed by atoms with Crippen LogP contribution in [0.25, 0.3) is 0 Å². The van der Waals surface area contributed by atoms with Crippen LogP contribution in [0, 0.1) is 0 Å². The van der Waals surface area contributed by atoms with Gasteiger partial charge in [0, 0.05) is 29.5 Å². The van der Waals surface area contributed by atoms with Gasteiger partial charge in [-0.25, -0.2) is 0 Å². The number of hydrogen-bond donors (Lipinski definition) is 1. The van der Waals surface area contributed by atoms with Gasteiger partial charge in [-0.3, -0.25) is 9.78 Å². The van der Waals surface area contributed by atoms with Gasteiger partial charge in [0.2, 0.25) is 5.91 Å². The van der Waals surface area contributed by atoms with Crippen LogP contribution in [0.2, 0.25) is 0 Å². The van der Waals surface area contributed by atoms with Crippen LogP contribution in [0.5, 0.6) is 0 Å². The standard InChI is InChI=1S/C17H25N3OS2/c21-17(16-13-22-10-11-23-16)20(12-14-4-1-2-8-19-14)15-5-3-7-18-9-6-15/h1-2,4,8,15-16,18H,3,5-7,9-13H2. The summed E-state index contributed by atoms with van der Waals surface area (Å²) in [7, 11) is 0. The number of aromatic nitrogens is 1. The van der Waals surface area contributed by atoms with Crippen LogP contribution in [-0.4, -0.2) is 57.4 Å². The molecule has 3 rings (SSSR count). The summed E-state index contributed by atoms with van der Waals surface area (Å²) >= 11 is 3.74. The Kier molecular flexibility index (Phi) is 6.66. The quantitative estimate of drug-likeness (QED) is 0.902. The minimum atomic E-state index is 0.119. The Morgan fingerprint density at radius 1 is 1.30 bits per heavy atom. The van der Waals surface area contributed by atoms with E-state index in [1.165, 1.54) is 5.75 Å². The third-order valence-electron chi connectivity index (χ3n) is 4.42. The predicted octanol–water partition coefficient (Wildman–Crippen LogP) is 2.40. The van der Waals surface area contributed by atoms with Crippen LogP contribution in [-0.2, 0) is 11.3 Å². The molecule has 126 valence electrons. The summed E-state index contributed by atoms with van der Waals surface area (Å²) in [4.78, 5) is 19.7. The average molecular weight is 352 g/mol. The van der Waals surface area contributed by atoms with Gasteiger partial charge in [-0.2, -0.15) is 11.8 Å². The van der Waals surface area contributed by atoms with Gasteiger partial charge in [0.05, 0.1) is 17.5 Å². The molecular formula is C17H25N3OS2. The van der Waals surface area contributed by atoms with Crippen molar-refractivity contribution >= 4 is 29.4 Å². The van der Waals surface area contributed by atoms with E-state index in [0.717, 1.165) is 49.6 Å². The fourth-order valence-corrected chi connectivity index (χ4v) is 5.80. The number of hydrogen-bond acceptors (Lipinski definition) is 5. The highest BCUT2D eigenvalue weighted by Gasteiger charge is 2.31. The summed E-state index contributed by atoms with van der Waals surface area (Å²) in [6, 6.07) is 6.30. The fraction of sp³-hybridized carbons (Fsp3) is 0.647. The summed E-state index contributed by atoms with van der Waals surface area (Å²) in [5, 5.41) is 3.57. The lowest BCUT2D eigenvalue weighted by molar-refractivity contribution is -0.133. The first-order valence-electron chi connectivity index (χ1n) is 8.45. The van der Waals surface area contributed by atoms with Crippen molar-refractivity contribution in [2.75, 3.05) is 30.3 Å². The van der Waals surface area contributed by atoms with Gasteiger partial charge in [0.15, 0.2) is 0 Å². The van der Waals surface area contributed by atoms with Gasteiger partial charge in [-0.05, 0) is 44.5 Å². The van der Waals surface area contributed by atoms with E-state index in [2.05, 4.69) is 15.2 Å². The minimum absolute atomic E-state index is 0.119. The Morgan fingerprint density at radius 3 is 3.04 bits per heavy atom. The largest absolute Gasteiger partial charge is 0.333 e. The van der Waals surface area contributed by atoms with Crippen LogP contribution < -0.4 is 5.32 Å². The lowest BCUT2D eigenvalue weighted by Gasteiger charge is -2.34. The van der Waals surface area contributed by atoms with Crippen molar-refractivity contribution in [2.45, 2.75) is 37.1 Å². The molecule has 0 spiro atoms. The van der Waals surface area contributed by atoms with E-state index < -0.39 is 0 Å². The molecule has 2 atom stereocenters. The number of pyridine rings is 1. The number of amides is 1. The van der Waals surface area contributed by atoms with Gasteiger partial charge in [0.25, 0.3) is 0 Å². The van der Waals surface area contributed by atoms with Gasteiger partial charge < -0.3 is 10.2 Å². The summed E-state index contributed by atoms with van der Waals surface area (Å²) < 4.78 is 0.